The first-order chi connectivity index (χ1) is 15.1. The van der Waals surface area contributed by atoms with Crippen molar-refractivity contribution in [3.05, 3.63) is 71.8 Å². The topological polar surface area (TPSA) is 71.2 Å². The van der Waals surface area contributed by atoms with E-state index in [1.165, 1.54) is 22.9 Å². The van der Waals surface area contributed by atoms with Crippen LogP contribution >= 0.6 is 11.8 Å². The Labute approximate surface area is 184 Å². The number of carbonyl (C=O) groups excluding carboxylic acids is 1. The molecular formula is C24H22N4O2S. The van der Waals surface area contributed by atoms with E-state index < -0.39 is 0 Å². The van der Waals surface area contributed by atoms with E-state index in [9.17, 15) is 9.90 Å². The second-order valence-corrected chi connectivity index (χ2v) is 8.65. The fraction of sp³-hybridized carbons (Fsp3) is 0.208. The number of phenolic OH excluding ortho intramolecular Hbond substituents is 1. The SMILES string of the molecule is Cn1c(SCC(=O)N2CCc3ccccc3C2)nnc1-c1cc2ccccc2cc1O. The summed E-state index contributed by atoms with van der Waals surface area (Å²) < 4.78 is 1.83. The van der Waals surface area contributed by atoms with E-state index in [0.29, 0.717) is 28.8 Å². The minimum absolute atomic E-state index is 0.0950. The molecule has 1 N–H and O–H groups in total. The Balaban J connectivity index is 1.31. The summed E-state index contributed by atoms with van der Waals surface area (Å²) in [6, 6.07) is 19.8. The van der Waals surface area contributed by atoms with Crippen molar-refractivity contribution < 1.29 is 9.90 Å². The number of carbonyl (C=O) groups is 1. The number of hydrogen-bond donors (Lipinski definition) is 1. The monoisotopic (exact) mass is 430 g/mol. The Morgan fingerprint density at radius 2 is 1.74 bits per heavy atom. The van der Waals surface area contributed by atoms with E-state index in [4.69, 9.17) is 0 Å². The molecule has 5 rings (SSSR count). The number of aromatic nitrogens is 3. The maximum Gasteiger partial charge on any atom is 0.233 e. The quantitative estimate of drug-likeness (QED) is 0.495. The Morgan fingerprint density at radius 3 is 2.55 bits per heavy atom. The molecule has 1 aliphatic rings. The van der Waals surface area contributed by atoms with Crippen molar-refractivity contribution in [1.29, 1.82) is 0 Å². The molecule has 7 heteroatoms. The van der Waals surface area contributed by atoms with Crippen LogP contribution < -0.4 is 0 Å². The Bertz CT molecular complexity index is 1280. The second-order valence-electron chi connectivity index (χ2n) is 7.70. The lowest BCUT2D eigenvalue weighted by Crippen LogP contribution is -2.37. The van der Waals surface area contributed by atoms with Crippen molar-refractivity contribution in [3.8, 4) is 17.1 Å². The molecule has 0 unspecified atom stereocenters. The van der Waals surface area contributed by atoms with Crippen molar-refractivity contribution in [1.82, 2.24) is 19.7 Å². The standard InChI is InChI=1S/C24H22N4O2S/c1-27-23(20-12-17-7-3-4-8-18(17)13-21(20)29)25-26-24(27)31-15-22(30)28-11-10-16-6-2-5-9-19(16)14-28/h2-9,12-13,29H,10-11,14-15H2,1H3. The van der Waals surface area contributed by atoms with Gasteiger partial charge in [0.25, 0.3) is 0 Å². The van der Waals surface area contributed by atoms with Crippen LogP contribution in [0.3, 0.4) is 0 Å². The van der Waals surface area contributed by atoms with Gasteiger partial charge in [0.1, 0.15) is 5.75 Å². The van der Waals surface area contributed by atoms with Gasteiger partial charge in [-0.1, -0.05) is 60.3 Å². The largest absolute Gasteiger partial charge is 0.507 e. The highest BCUT2D eigenvalue weighted by Crippen LogP contribution is 2.33. The molecule has 0 bridgehead atoms. The predicted molar refractivity (Wildman–Crippen MR) is 122 cm³/mol. The van der Waals surface area contributed by atoms with Crippen LogP contribution in [0.5, 0.6) is 5.75 Å². The summed E-state index contributed by atoms with van der Waals surface area (Å²) in [4.78, 5) is 14.7. The zero-order valence-corrected chi connectivity index (χ0v) is 18.0. The highest BCUT2D eigenvalue weighted by atomic mass is 32.2. The lowest BCUT2D eigenvalue weighted by Gasteiger charge is -2.28. The number of nitrogens with zero attached hydrogens (tertiary/aromatic N) is 4. The van der Waals surface area contributed by atoms with Gasteiger partial charge in [-0.15, -0.1) is 10.2 Å². The van der Waals surface area contributed by atoms with Crippen LogP contribution in [-0.2, 0) is 24.8 Å². The van der Waals surface area contributed by atoms with Crippen LogP contribution in [0.1, 0.15) is 11.1 Å². The van der Waals surface area contributed by atoms with Crippen molar-refractivity contribution in [2.24, 2.45) is 7.05 Å². The molecule has 0 spiro atoms. The van der Waals surface area contributed by atoms with E-state index in [1.54, 1.807) is 6.07 Å². The van der Waals surface area contributed by atoms with Crippen LogP contribution in [-0.4, -0.2) is 43.0 Å². The Hall–Kier alpha value is -3.32. The third-order valence-electron chi connectivity index (χ3n) is 5.75. The molecule has 2 heterocycles. The highest BCUT2D eigenvalue weighted by Gasteiger charge is 2.22. The molecule has 0 atom stereocenters. The third kappa shape index (κ3) is 3.77. The van der Waals surface area contributed by atoms with Gasteiger partial charge in [-0.2, -0.15) is 0 Å². The van der Waals surface area contributed by atoms with Gasteiger partial charge >= 0.3 is 0 Å². The van der Waals surface area contributed by atoms with Gasteiger partial charge in [0, 0.05) is 20.1 Å². The molecule has 4 aromatic rings. The fourth-order valence-corrected chi connectivity index (χ4v) is 4.82. The molecule has 1 aliphatic heterocycles. The maximum absolute atomic E-state index is 12.8. The number of rotatable bonds is 4. The first-order valence-electron chi connectivity index (χ1n) is 10.2. The maximum atomic E-state index is 12.8. The van der Waals surface area contributed by atoms with Gasteiger partial charge in [0.2, 0.25) is 5.91 Å². The molecule has 0 radical (unpaired) electrons. The van der Waals surface area contributed by atoms with Crippen molar-refractivity contribution in [2.45, 2.75) is 18.1 Å². The number of phenols is 1. The number of hydrogen-bond acceptors (Lipinski definition) is 5. The summed E-state index contributed by atoms with van der Waals surface area (Å²) in [6.45, 7) is 1.40. The lowest BCUT2D eigenvalue weighted by atomic mass is 10.00. The van der Waals surface area contributed by atoms with Gasteiger partial charge in [0.05, 0.1) is 11.3 Å². The lowest BCUT2D eigenvalue weighted by molar-refractivity contribution is -0.129. The summed E-state index contributed by atoms with van der Waals surface area (Å²) in [6.07, 6.45) is 0.891. The zero-order chi connectivity index (χ0) is 21.4. The van der Waals surface area contributed by atoms with Gasteiger partial charge < -0.3 is 14.6 Å². The first-order valence-corrected chi connectivity index (χ1v) is 11.2. The molecule has 156 valence electrons. The second kappa shape index (κ2) is 8.07. The minimum atomic E-state index is 0.0950. The molecule has 31 heavy (non-hydrogen) atoms. The van der Waals surface area contributed by atoms with Crippen LogP contribution in [0.4, 0.5) is 0 Å². The molecule has 6 nitrogen and oxygen atoms in total. The number of amides is 1. The number of aromatic hydroxyl groups is 1. The van der Waals surface area contributed by atoms with Crippen LogP contribution in [0, 0.1) is 0 Å². The molecule has 0 saturated heterocycles. The number of fused-ring (bicyclic) bond motifs is 2. The molecule has 3 aromatic carbocycles. The summed E-state index contributed by atoms with van der Waals surface area (Å²) in [5, 5.41) is 21.7. The average molecular weight is 431 g/mol. The molecular weight excluding hydrogens is 408 g/mol. The van der Waals surface area contributed by atoms with Gasteiger partial charge in [0.15, 0.2) is 11.0 Å². The number of thioether (sulfide) groups is 1. The minimum Gasteiger partial charge on any atom is -0.507 e. The van der Waals surface area contributed by atoms with E-state index in [2.05, 4.69) is 22.3 Å². The van der Waals surface area contributed by atoms with Gasteiger partial charge in [-0.05, 0) is 40.5 Å². The van der Waals surface area contributed by atoms with Gasteiger partial charge in [-0.3, -0.25) is 4.79 Å². The van der Waals surface area contributed by atoms with Crippen molar-refractivity contribution in [2.75, 3.05) is 12.3 Å². The van der Waals surface area contributed by atoms with Crippen LogP contribution in [0.15, 0.2) is 65.8 Å². The summed E-state index contributed by atoms with van der Waals surface area (Å²) in [5.41, 5.74) is 3.17. The van der Waals surface area contributed by atoms with E-state index in [-0.39, 0.29) is 11.7 Å². The van der Waals surface area contributed by atoms with Gasteiger partial charge in [-0.25, -0.2) is 0 Å². The first kappa shape index (κ1) is 19.6. The molecule has 1 aromatic heterocycles. The molecule has 1 amide bonds. The zero-order valence-electron chi connectivity index (χ0n) is 17.2. The van der Waals surface area contributed by atoms with Crippen molar-refractivity contribution >= 4 is 28.4 Å². The number of benzene rings is 3. The smallest absolute Gasteiger partial charge is 0.233 e. The molecule has 0 aliphatic carbocycles. The predicted octanol–water partition coefficient (Wildman–Crippen LogP) is 4.02. The Morgan fingerprint density at radius 1 is 1.03 bits per heavy atom. The molecule has 0 saturated carbocycles. The normalized spacial score (nSPS) is 13.4. The summed E-state index contributed by atoms with van der Waals surface area (Å²) in [5.74, 6) is 1.13. The fourth-order valence-electron chi connectivity index (χ4n) is 4.01. The third-order valence-corrected chi connectivity index (χ3v) is 6.75. The van der Waals surface area contributed by atoms with Crippen LogP contribution in [0.25, 0.3) is 22.2 Å². The van der Waals surface area contributed by atoms with Crippen LogP contribution in [0.2, 0.25) is 0 Å². The van der Waals surface area contributed by atoms with E-state index >= 15 is 0 Å². The van der Waals surface area contributed by atoms with E-state index in [1.807, 2.05) is 59.0 Å². The highest BCUT2D eigenvalue weighted by molar-refractivity contribution is 7.99. The van der Waals surface area contributed by atoms with Crippen molar-refractivity contribution in [3.63, 3.8) is 0 Å². The average Bonchev–Trinajstić information content (AvgIpc) is 3.16. The summed E-state index contributed by atoms with van der Waals surface area (Å²) >= 11 is 1.37. The summed E-state index contributed by atoms with van der Waals surface area (Å²) in [7, 11) is 1.86. The Kier molecular flexibility index (Phi) is 5.11. The van der Waals surface area contributed by atoms with E-state index in [0.717, 1.165) is 23.7 Å². The molecule has 0 fully saturated rings.